The van der Waals surface area contributed by atoms with E-state index >= 15 is 0 Å². The number of cyclic esters (lactones) is 1. The minimum atomic E-state index is -4.00. The number of carbonyl (C=O) groups is 1. The van der Waals surface area contributed by atoms with Crippen molar-refractivity contribution in [3.05, 3.63) is 94.6 Å². The third-order valence-corrected chi connectivity index (χ3v) is 5.96. The van der Waals surface area contributed by atoms with Gasteiger partial charge in [-0.15, -0.1) is 0 Å². The number of halogens is 1. The molecule has 3 aromatic carbocycles. The zero-order valence-corrected chi connectivity index (χ0v) is 18.3. The quantitative estimate of drug-likeness (QED) is 0.301. The van der Waals surface area contributed by atoms with Crippen molar-refractivity contribution in [1.29, 1.82) is 0 Å². The number of methoxy groups -OCH3 is 1. The number of ether oxygens (including phenoxy) is 2. The van der Waals surface area contributed by atoms with Gasteiger partial charge in [-0.1, -0.05) is 23.7 Å². The summed E-state index contributed by atoms with van der Waals surface area (Å²) in [7, 11) is -2.51. The Morgan fingerprint density at radius 1 is 0.906 bits per heavy atom. The van der Waals surface area contributed by atoms with Gasteiger partial charge in [-0.2, -0.15) is 8.42 Å². The van der Waals surface area contributed by atoms with Gasteiger partial charge in [-0.05, 0) is 72.3 Å². The largest absolute Gasteiger partial charge is 0.497 e. The summed E-state index contributed by atoms with van der Waals surface area (Å²) >= 11 is 5.87. The van der Waals surface area contributed by atoms with Crippen LogP contribution in [0.1, 0.15) is 11.1 Å². The molecule has 1 heterocycles. The topological polar surface area (TPSA) is 91.3 Å². The Morgan fingerprint density at radius 2 is 1.53 bits per heavy atom. The lowest BCUT2D eigenvalue weighted by Gasteiger charge is -2.08. The summed E-state index contributed by atoms with van der Waals surface area (Å²) in [6.07, 6.45) is 1.53. The van der Waals surface area contributed by atoms with E-state index in [1.807, 2.05) is 0 Å². The predicted octanol–water partition coefficient (Wildman–Crippen LogP) is 4.46. The van der Waals surface area contributed by atoms with Gasteiger partial charge < -0.3 is 13.7 Å². The smallest absolute Gasteiger partial charge is 0.363 e. The molecule has 162 valence electrons. The van der Waals surface area contributed by atoms with Crippen LogP contribution in [0.25, 0.3) is 6.08 Å². The van der Waals surface area contributed by atoms with E-state index in [9.17, 15) is 13.2 Å². The average molecular weight is 470 g/mol. The second kappa shape index (κ2) is 8.86. The van der Waals surface area contributed by atoms with Gasteiger partial charge in [0, 0.05) is 10.6 Å². The number of nitrogens with zero attached hydrogens (tertiary/aromatic N) is 1. The van der Waals surface area contributed by atoms with Crippen LogP contribution in [0.5, 0.6) is 11.5 Å². The van der Waals surface area contributed by atoms with Crippen molar-refractivity contribution in [3.8, 4) is 11.5 Å². The molecule has 0 saturated carbocycles. The number of benzene rings is 3. The second-order valence-electron chi connectivity index (χ2n) is 6.62. The number of hydrogen-bond acceptors (Lipinski definition) is 7. The Morgan fingerprint density at radius 3 is 2.16 bits per heavy atom. The lowest BCUT2D eigenvalue weighted by atomic mass is 10.2. The van der Waals surface area contributed by atoms with E-state index in [0.29, 0.717) is 21.9 Å². The zero-order valence-electron chi connectivity index (χ0n) is 16.7. The van der Waals surface area contributed by atoms with E-state index in [-0.39, 0.29) is 22.2 Å². The highest BCUT2D eigenvalue weighted by Gasteiger charge is 2.24. The Bertz CT molecular complexity index is 1310. The first-order valence-corrected chi connectivity index (χ1v) is 11.1. The van der Waals surface area contributed by atoms with Crippen LogP contribution in [-0.4, -0.2) is 27.4 Å². The fourth-order valence-electron chi connectivity index (χ4n) is 2.82. The van der Waals surface area contributed by atoms with Crippen LogP contribution in [-0.2, 0) is 19.6 Å². The van der Waals surface area contributed by atoms with Gasteiger partial charge in [-0.3, -0.25) is 0 Å². The molecule has 0 aromatic heterocycles. The highest BCUT2D eigenvalue weighted by atomic mass is 35.5. The maximum absolute atomic E-state index is 12.4. The van der Waals surface area contributed by atoms with Crippen LogP contribution < -0.4 is 8.92 Å². The standard InChI is InChI=1S/C23H16ClNO6S/c1-29-18-10-12-20(13-11-18)32(27,28)31-19-8-2-15(3-9-19)14-21-23(26)30-22(25-21)16-4-6-17(24)7-5-16/h2-14H,1H3/b21-14+. The number of rotatable bonds is 6. The molecule has 0 saturated heterocycles. The van der Waals surface area contributed by atoms with Crippen LogP contribution in [0.15, 0.2) is 88.4 Å². The Labute approximate surface area is 189 Å². The van der Waals surface area contributed by atoms with Gasteiger partial charge in [0.1, 0.15) is 16.4 Å². The fourth-order valence-corrected chi connectivity index (χ4v) is 3.88. The van der Waals surface area contributed by atoms with Gasteiger partial charge in [-0.25, -0.2) is 9.79 Å². The molecule has 0 radical (unpaired) electrons. The van der Waals surface area contributed by atoms with Crippen LogP contribution in [0.2, 0.25) is 5.02 Å². The maximum atomic E-state index is 12.4. The number of esters is 1. The fraction of sp³-hybridized carbons (Fsp3) is 0.0435. The molecule has 3 aromatic rings. The Kier molecular flexibility index (Phi) is 5.98. The summed E-state index contributed by atoms with van der Waals surface area (Å²) in [6.45, 7) is 0. The Balaban J connectivity index is 1.50. The van der Waals surface area contributed by atoms with Crippen molar-refractivity contribution in [2.24, 2.45) is 4.99 Å². The summed E-state index contributed by atoms with van der Waals surface area (Å²) < 4.78 is 40.3. The maximum Gasteiger partial charge on any atom is 0.363 e. The first-order valence-electron chi connectivity index (χ1n) is 9.31. The normalized spacial score (nSPS) is 14.8. The van der Waals surface area contributed by atoms with E-state index in [2.05, 4.69) is 4.99 Å². The van der Waals surface area contributed by atoms with Crippen molar-refractivity contribution in [2.45, 2.75) is 4.90 Å². The molecule has 9 heteroatoms. The summed E-state index contributed by atoms with van der Waals surface area (Å²) in [5.74, 6) is 0.261. The molecule has 1 aliphatic rings. The van der Waals surface area contributed by atoms with Gasteiger partial charge in [0.05, 0.1) is 7.11 Å². The lowest BCUT2D eigenvalue weighted by Crippen LogP contribution is -2.09. The van der Waals surface area contributed by atoms with Crippen LogP contribution in [0.3, 0.4) is 0 Å². The van der Waals surface area contributed by atoms with Crippen molar-refractivity contribution < 1.29 is 26.9 Å². The highest BCUT2D eigenvalue weighted by molar-refractivity contribution is 7.87. The summed E-state index contributed by atoms with van der Waals surface area (Å²) in [6, 6.07) is 18.8. The molecule has 32 heavy (non-hydrogen) atoms. The van der Waals surface area contributed by atoms with Crippen LogP contribution >= 0.6 is 11.6 Å². The molecule has 0 amide bonds. The number of aliphatic imine (C=N–C) groups is 1. The third kappa shape index (κ3) is 4.82. The zero-order chi connectivity index (χ0) is 22.7. The molecule has 4 rings (SSSR count). The first kappa shape index (κ1) is 21.6. The molecular formula is C23H16ClNO6S. The van der Waals surface area contributed by atoms with E-state index in [1.54, 1.807) is 36.4 Å². The van der Waals surface area contributed by atoms with E-state index in [4.69, 9.17) is 25.3 Å². The molecular weight excluding hydrogens is 454 g/mol. The molecule has 0 fully saturated rings. The average Bonchev–Trinajstić information content (AvgIpc) is 3.15. The summed E-state index contributed by atoms with van der Waals surface area (Å²) in [4.78, 5) is 16.4. The van der Waals surface area contributed by atoms with Gasteiger partial charge in [0.25, 0.3) is 0 Å². The van der Waals surface area contributed by atoms with E-state index in [0.717, 1.165) is 0 Å². The molecule has 0 spiro atoms. The molecule has 0 N–H and O–H groups in total. The van der Waals surface area contributed by atoms with Crippen molar-refractivity contribution in [2.75, 3.05) is 7.11 Å². The van der Waals surface area contributed by atoms with Gasteiger partial charge in [0.15, 0.2) is 5.70 Å². The number of hydrogen-bond donors (Lipinski definition) is 0. The van der Waals surface area contributed by atoms with E-state index in [1.165, 1.54) is 49.6 Å². The number of carbonyl (C=O) groups excluding carboxylic acids is 1. The van der Waals surface area contributed by atoms with Crippen molar-refractivity contribution in [1.82, 2.24) is 0 Å². The monoisotopic (exact) mass is 469 g/mol. The SMILES string of the molecule is COc1ccc(S(=O)(=O)Oc2ccc(/C=C3/N=C(c4ccc(Cl)cc4)OC3=O)cc2)cc1. The van der Waals surface area contributed by atoms with Crippen LogP contribution in [0, 0.1) is 0 Å². The second-order valence-corrected chi connectivity index (χ2v) is 8.61. The van der Waals surface area contributed by atoms with Gasteiger partial charge >= 0.3 is 16.1 Å². The highest BCUT2D eigenvalue weighted by Crippen LogP contribution is 2.24. The molecule has 0 atom stereocenters. The van der Waals surface area contributed by atoms with E-state index < -0.39 is 16.1 Å². The summed E-state index contributed by atoms with van der Waals surface area (Å²) in [5.41, 5.74) is 1.36. The minimum absolute atomic E-state index is 0.00209. The Hall–Kier alpha value is -3.62. The minimum Gasteiger partial charge on any atom is -0.497 e. The van der Waals surface area contributed by atoms with Crippen LogP contribution in [0.4, 0.5) is 0 Å². The summed E-state index contributed by atoms with van der Waals surface area (Å²) in [5, 5.41) is 0.561. The lowest BCUT2D eigenvalue weighted by molar-refractivity contribution is -0.129. The predicted molar refractivity (Wildman–Crippen MR) is 119 cm³/mol. The first-order chi connectivity index (χ1) is 15.3. The molecule has 7 nitrogen and oxygen atoms in total. The molecule has 0 aliphatic carbocycles. The molecule has 1 aliphatic heterocycles. The van der Waals surface area contributed by atoms with Gasteiger partial charge in [0.2, 0.25) is 5.90 Å². The van der Waals surface area contributed by atoms with Crippen molar-refractivity contribution >= 4 is 39.7 Å². The van der Waals surface area contributed by atoms with Crippen molar-refractivity contribution in [3.63, 3.8) is 0 Å². The molecule has 0 bridgehead atoms. The third-order valence-electron chi connectivity index (χ3n) is 4.45. The molecule has 0 unspecified atom stereocenters.